The van der Waals surface area contributed by atoms with Crippen LogP contribution in [0.15, 0.2) is 109 Å². The van der Waals surface area contributed by atoms with Crippen LogP contribution in [-0.4, -0.2) is 37.9 Å². The fraction of sp³-hybridized carbons (Fsp3) is 0.649. The highest BCUT2D eigenvalue weighted by Gasteiger charge is 2.17. The molecular weight excluding hydrogens is 765 g/mol. The molecule has 0 aromatic heterocycles. The van der Waals surface area contributed by atoms with Crippen LogP contribution in [-0.2, 0) is 23.8 Å². The van der Waals surface area contributed by atoms with E-state index in [0.29, 0.717) is 19.4 Å². The third-order valence-electron chi connectivity index (χ3n) is 10.3. The Morgan fingerprint density at radius 2 is 0.726 bits per heavy atom. The average molecular weight is 859 g/mol. The van der Waals surface area contributed by atoms with Crippen LogP contribution in [0.3, 0.4) is 0 Å². The lowest BCUT2D eigenvalue weighted by molar-refractivity contribution is -0.163. The number of unbranched alkanes of at least 4 members (excludes halogenated alkanes) is 16. The number of esters is 2. The van der Waals surface area contributed by atoms with Crippen LogP contribution in [0, 0.1) is 0 Å². The molecule has 5 nitrogen and oxygen atoms in total. The van der Waals surface area contributed by atoms with E-state index in [4.69, 9.17) is 14.2 Å². The van der Waals surface area contributed by atoms with Gasteiger partial charge in [0.25, 0.3) is 0 Å². The second-order valence-corrected chi connectivity index (χ2v) is 16.3. The monoisotopic (exact) mass is 859 g/mol. The fourth-order valence-electron chi connectivity index (χ4n) is 6.54. The van der Waals surface area contributed by atoms with Gasteiger partial charge >= 0.3 is 11.9 Å². The summed E-state index contributed by atoms with van der Waals surface area (Å²) < 4.78 is 17.3. The molecule has 0 fully saturated rings. The summed E-state index contributed by atoms with van der Waals surface area (Å²) in [4.78, 5) is 25.4. The maximum atomic E-state index is 12.8. The molecule has 1 atom stereocenters. The molecule has 0 N–H and O–H groups in total. The highest BCUT2D eigenvalue weighted by Crippen LogP contribution is 2.12. The quantitative estimate of drug-likeness (QED) is 0.0347. The first-order chi connectivity index (χ1) is 30.6. The maximum absolute atomic E-state index is 12.8. The minimum Gasteiger partial charge on any atom is -0.462 e. The van der Waals surface area contributed by atoms with Crippen LogP contribution in [0.5, 0.6) is 0 Å². The summed E-state index contributed by atoms with van der Waals surface area (Å²) in [5, 5.41) is 0. The Hall–Kier alpha value is -3.44. The van der Waals surface area contributed by atoms with Crippen LogP contribution in [0.4, 0.5) is 0 Å². The standard InChI is InChI=1S/C57H94O5/c1-4-7-10-13-16-19-22-25-28-29-31-32-35-38-41-44-47-50-56(58)61-54-55(53-60-52-49-46-43-40-37-34-27-24-21-18-15-12-9-6-3)62-57(59)51-48-45-42-39-36-33-30-26-23-20-17-14-11-8-5-2/h7,9-10,12,16-21,25-28,30-32,34,55H,4-6,8,11,13-15,22-24,29,33,35-54H2,1-3H3/b10-7-,12-9-,19-16-,20-17-,21-18-,28-25-,30-26-,32-31-,34-27-. The molecule has 0 saturated carbocycles. The molecular formula is C57H94O5. The van der Waals surface area contributed by atoms with Crippen molar-refractivity contribution in [3.63, 3.8) is 0 Å². The fourth-order valence-corrected chi connectivity index (χ4v) is 6.54. The van der Waals surface area contributed by atoms with Gasteiger partial charge in [-0.2, -0.15) is 0 Å². The Kier molecular flexibility index (Phi) is 49.0. The third-order valence-corrected chi connectivity index (χ3v) is 10.3. The van der Waals surface area contributed by atoms with E-state index in [-0.39, 0.29) is 25.2 Å². The highest BCUT2D eigenvalue weighted by atomic mass is 16.6. The molecule has 0 bridgehead atoms. The zero-order valence-electron chi connectivity index (χ0n) is 40.3. The van der Waals surface area contributed by atoms with Gasteiger partial charge in [-0.3, -0.25) is 9.59 Å². The van der Waals surface area contributed by atoms with Crippen LogP contribution in [0.25, 0.3) is 0 Å². The van der Waals surface area contributed by atoms with E-state index in [1.807, 2.05) is 0 Å². The Labute approximate surface area is 383 Å². The van der Waals surface area contributed by atoms with Gasteiger partial charge in [0, 0.05) is 19.4 Å². The molecule has 0 heterocycles. The normalized spacial score (nSPS) is 13.1. The second-order valence-electron chi connectivity index (χ2n) is 16.3. The minimum atomic E-state index is -0.572. The van der Waals surface area contributed by atoms with E-state index in [1.54, 1.807) is 0 Å². The second kappa shape index (κ2) is 51.9. The van der Waals surface area contributed by atoms with Gasteiger partial charge in [0.1, 0.15) is 6.61 Å². The van der Waals surface area contributed by atoms with Gasteiger partial charge in [-0.15, -0.1) is 0 Å². The lowest BCUT2D eigenvalue weighted by Crippen LogP contribution is -2.30. The van der Waals surface area contributed by atoms with Crippen molar-refractivity contribution in [1.29, 1.82) is 0 Å². The summed E-state index contributed by atoms with van der Waals surface area (Å²) >= 11 is 0. The van der Waals surface area contributed by atoms with E-state index in [1.165, 1.54) is 51.4 Å². The Morgan fingerprint density at radius 1 is 0.371 bits per heavy atom. The largest absolute Gasteiger partial charge is 0.462 e. The van der Waals surface area contributed by atoms with E-state index in [0.717, 1.165) is 128 Å². The number of hydrogen-bond acceptors (Lipinski definition) is 5. The Bertz CT molecular complexity index is 1250. The van der Waals surface area contributed by atoms with Crippen molar-refractivity contribution in [2.45, 2.75) is 219 Å². The summed E-state index contributed by atoms with van der Waals surface area (Å²) in [5.41, 5.74) is 0. The molecule has 0 radical (unpaired) electrons. The van der Waals surface area contributed by atoms with E-state index in [9.17, 15) is 9.59 Å². The molecule has 0 saturated heterocycles. The number of carbonyl (C=O) groups excluding carboxylic acids is 2. The molecule has 0 aliphatic carbocycles. The van der Waals surface area contributed by atoms with Crippen molar-refractivity contribution in [3.8, 4) is 0 Å². The number of rotatable bonds is 45. The molecule has 0 aromatic rings. The van der Waals surface area contributed by atoms with Crippen LogP contribution >= 0.6 is 0 Å². The van der Waals surface area contributed by atoms with Gasteiger partial charge in [0.15, 0.2) is 6.10 Å². The highest BCUT2D eigenvalue weighted by molar-refractivity contribution is 5.70. The van der Waals surface area contributed by atoms with E-state index >= 15 is 0 Å². The molecule has 0 aliphatic rings. The lowest BCUT2D eigenvalue weighted by atomic mass is 10.1. The van der Waals surface area contributed by atoms with Crippen molar-refractivity contribution in [2.75, 3.05) is 19.8 Å². The van der Waals surface area contributed by atoms with Gasteiger partial charge in [-0.25, -0.2) is 0 Å². The Balaban J connectivity index is 4.40. The van der Waals surface area contributed by atoms with Crippen LogP contribution in [0.1, 0.15) is 213 Å². The maximum Gasteiger partial charge on any atom is 0.306 e. The van der Waals surface area contributed by atoms with Crippen LogP contribution < -0.4 is 0 Å². The van der Waals surface area contributed by atoms with E-state index < -0.39 is 6.10 Å². The molecule has 1 unspecified atom stereocenters. The van der Waals surface area contributed by atoms with Gasteiger partial charge in [-0.1, -0.05) is 188 Å². The van der Waals surface area contributed by atoms with Crippen molar-refractivity contribution >= 4 is 11.9 Å². The summed E-state index contributed by atoms with van der Waals surface area (Å²) in [6.45, 7) is 7.47. The SMILES string of the molecule is CC/C=C\C/C=C\C/C=C\C/C=C\CCCCCCC(=O)OCC(COCCCCCC/C=C\C/C=C\C/C=C\CC)OC(=O)CCCCCCC/C=C\C/C=C\CCCCC. The number of carbonyl (C=O) groups is 2. The summed E-state index contributed by atoms with van der Waals surface area (Å²) in [5.74, 6) is -0.460. The summed E-state index contributed by atoms with van der Waals surface area (Å²) in [6.07, 6.45) is 70.9. The molecule has 0 rings (SSSR count). The first kappa shape index (κ1) is 58.6. The molecule has 0 aliphatic heterocycles. The van der Waals surface area contributed by atoms with Crippen LogP contribution in [0.2, 0.25) is 0 Å². The minimum absolute atomic E-state index is 0.0511. The lowest BCUT2D eigenvalue weighted by Gasteiger charge is -2.18. The van der Waals surface area contributed by atoms with Gasteiger partial charge in [0.05, 0.1) is 6.61 Å². The molecule has 0 amide bonds. The van der Waals surface area contributed by atoms with Crippen molar-refractivity contribution in [3.05, 3.63) is 109 Å². The average Bonchev–Trinajstić information content (AvgIpc) is 3.27. The topological polar surface area (TPSA) is 61.8 Å². The van der Waals surface area contributed by atoms with Gasteiger partial charge in [-0.05, 0) is 122 Å². The predicted molar refractivity (Wildman–Crippen MR) is 269 cm³/mol. The first-order valence-electron chi connectivity index (χ1n) is 25.4. The third kappa shape index (κ3) is 49.2. The summed E-state index contributed by atoms with van der Waals surface area (Å²) in [6, 6.07) is 0. The molecule has 0 aromatic carbocycles. The number of allylic oxidation sites excluding steroid dienone is 18. The zero-order chi connectivity index (χ0) is 44.9. The van der Waals surface area contributed by atoms with Crippen molar-refractivity contribution in [2.24, 2.45) is 0 Å². The van der Waals surface area contributed by atoms with E-state index in [2.05, 4.69) is 130 Å². The van der Waals surface area contributed by atoms with Gasteiger partial charge in [0.2, 0.25) is 0 Å². The molecule has 5 heteroatoms. The van der Waals surface area contributed by atoms with Gasteiger partial charge < -0.3 is 14.2 Å². The number of hydrogen-bond donors (Lipinski definition) is 0. The smallest absolute Gasteiger partial charge is 0.306 e. The molecule has 352 valence electrons. The predicted octanol–water partition coefficient (Wildman–Crippen LogP) is 17.2. The van der Waals surface area contributed by atoms with Crippen molar-refractivity contribution < 1.29 is 23.8 Å². The Morgan fingerprint density at radius 3 is 1.16 bits per heavy atom. The molecule has 62 heavy (non-hydrogen) atoms. The summed E-state index contributed by atoms with van der Waals surface area (Å²) in [7, 11) is 0. The zero-order valence-corrected chi connectivity index (χ0v) is 40.3. The molecule has 0 spiro atoms. The first-order valence-corrected chi connectivity index (χ1v) is 25.4. The number of ether oxygens (including phenoxy) is 3. The van der Waals surface area contributed by atoms with Crippen molar-refractivity contribution in [1.82, 2.24) is 0 Å².